The summed E-state index contributed by atoms with van der Waals surface area (Å²) in [6.45, 7) is 0.998. The number of nitrogens with zero attached hydrogens (tertiary/aromatic N) is 1. The quantitative estimate of drug-likeness (QED) is 0.0582. The lowest BCUT2D eigenvalue weighted by molar-refractivity contribution is -0.151. The number of amides is 2. The second-order valence-electron chi connectivity index (χ2n) is 20.3. The van der Waals surface area contributed by atoms with E-state index < -0.39 is 58.1 Å². The van der Waals surface area contributed by atoms with Gasteiger partial charge in [-0.05, 0) is 129 Å². The van der Waals surface area contributed by atoms with Crippen LogP contribution >= 0.6 is 11.8 Å². The highest BCUT2D eigenvalue weighted by atomic mass is 32.2. The number of rotatable bonds is 17. The Morgan fingerprint density at radius 2 is 1.70 bits per heavy atom. The fourth-order valence-electron chi connectivity index (χ4n) is 13.1. The number of ether oxygens (including phenoxy) is 1. The van der Waals surface area contributed by atoms with Crippen LogP contribution < -0.4 is 26.6 Å². The lowest BCUT2D eigenvalue weighted by atomic mass is 9.54. The highest BCUT2D eigenvalue weighted by molar-refractivity contribution is 8.01. The Hall–Kier alpha value is -5.13. The summed E-state index contributed by atoms with van der Waals surface area (Å²) in [5, 5.41) is 44.3. The van der Waals surface area contributed by atoms with Gasteiger partial charge in [-0.15, -0.1) is 11.8 Å². The number of hydrogen-bond acceptors (Lipinski definition) is 12. The summed E-state index contributed by atoms with van der Waals surface area (Å²) in [4.78, 5) is 71.3. The van der Waals surface area contributed by atoms with Crippen LogP contribution in [0.1, 0.15) is 100 Å². The molecule has 9 atom stereocenters. The van der Waals surface area contributed by atoms with Gasteiger partial charge in [0.1, 0.15) is 23.8 Å². The van der Waals surface area contributed by atoms with Crippen molar-refractivity contribution in [2.24, 2.45) is 28.6 Å². The third-order valence-corrected chi connectivity index (χ3v) is 18.0. The molecule has 1 saturated heterocycles. The second kappa shape index (κ2) is 20.7. The van der Waals surface area contributed by atoms with Crippen molar-refractivity contribution in [1.82, 2.24) is 31.6 Å². The molecule has 9 rings (SSSR count). The number of carbonyl (C=O) groups is 5. The van der Waals surface area contributed by atoms with Gasteiger partial charge in [0, 0.05) is 42.7 Å². The van der Waals surface area contributed by atoms with E-state index >= 15 is 4.79 Å². The maximum absolute atomic E-state index is 15.5. The molecule has 1 saturated carbocycles. The number of benzene rings is 1. The van der Waals surface area contributed by atoms with E-state index in [0.29, 0.717) is 18.1 Å². The number of carbonyl (C=O) groups excluding carboxylic acids is 3. The van der Waals surface area contributed by atoms with Gasteiger partial charge in [0.15, 0.2) is 0 Å². The number of pyridine rings is 1. The number of aliphatic carboxylic acids is 2. The van der Waals surface area contributed by atoms with Crippen LogP contribution in [-0.4, -0.2) is 105 Å². The fraction of sp³-hybridized carbons (Fsp3) is 0.547. The molecule has 1 aromatic carbocycles. The van der Waals surface area contributed by atoms with Gasteiger partial charge < -0.3 is 41.3 Å². The molecular weight excluding hydrogens is 897 g/mol. The SMILES string of the molecule is CNCN[C@@H](CCC(=O)N[C@@H](CS[C@]12C=C[C@@]3(CCCCCC14CCCC4)CC(Cc1ccncc1)=C([C@H]1NCC[C@@H]4C=Cc5ccccc5C[C@H]14)[C@H]1C(=O)OC2=C13)C(=O)N[C@@H](O)C(=O)O)C(=O)O. The van der Waals surface area contributed by atoms with Crippen molar-refractivity contribution in [3.05, 3.63) is 106 Å². The summed E-state index contributed by atoms with van der Waals surface area (Å²) in [6, 6.07) is 10.2. The third-order valence-electron chi connectivity index (χ3n) is 16.3. The Balaban J connectivity index is 1.14. The molecule has 2 fully saturated rings. The third kappa shape index (κ3) is 9.59. The molecule has 1 aromatic heterocycles. The highest BCUT2D eigenvalue weighted by Crippen LogP contribution is 2.69. The van der Waals surface area contributed by atoms with Crippen molar-refractivity contribution >= 4 is 47.6 Å². The normalized spacial score (nSPS) is 29.0. The molecule has 2 spiro atoms. The first kappa shape index (κ1) is 48.9. The van der Waals surface area contributed by atoms with E-state index in [2.05, 4.69) is 92.3 Å². The molecule has 3 heterocycles. The molecule has 69 heavy (non-hydrogen) atoms. The van der Waals surface area contributed by atoms with Crippen LogP contribution in [0, 0.1) is 28.6 Å². The van der Waals surface area contributed by atoms with E-state index in [9.17, 15) is 34.5 Å². The number of allylic oxidation sites excluding steroid dienone is 3. The monoisotopic (exact) mass is 962 g/mol. The first-order valence-electron chi connectivity index (χ1n) is 24.9. The maximum Gasteiger partial charge on any atom is 0.353 e. The lowest BCUT2D eigenvalue weighted by Gasteiger charge is -2.54. The molecule has 15 nitrogen and oxygen atoms in total. The van der Waals surface area contributed by atoms with Crippen LogP contribution in [0.2, 0.25) is 0 Å². The van der Waals surface area contributed by atoms with Crippen LogP contribution in [0.3, 0.4) is 0 Å². The van der Waals surface area contributed by atoms with Gasteiger partial charge in [-0.25, -0.2) is 4.79 Å². The zero-order valence-electron chi connectivity index (χ0n) is 39.3. The van der Waals surface area contributed by atoms with Crippen molar-refractivity contribution in [3.8, 4) is 0 Å². The largest absolute Gasteiger partial charge is 0.480 e. The van der Waals surface area contributed by atoms with E-state index in [1.807, 2.05) is 12.4 Å². The second-order valence-corrected chi connectivity index (χ2v) is 21.6. The van der Waals surface area contributed by atoms with Gasteiger partial charge in [-0.2, -0.15) is 0 Å². The molecule has 2 aromatic rings. The molecule has 0 radical (unpaired) electrons. The van der Waals surface area contributed by atoms with E-state index in [0.717, 1.165) is 100 Å². The highest BCUT2D eigenvalue weighted by Gasteiger charge is 2.65. The average molecular weight is 963 g/mol. The first-order chi connectivity index (χ1) is 33.4. The summed E-state index contributed by atoms with van der Waals surface area (Å²) in [5.41, 5.74) is 6.16. The number of carboxylic acids is 2. The van der Waals surface area contributed by atoms with Crippen molar-refractivity contribution in [2.45, 2.75) is 125 Å². The molecule has 368 valence electrons. The lowest BCUT2D eigenvalue weighted by Crippen LogP contribution is -2.55. The number of carboxylic acid groups (broad SMARTS) is 2. The number of thioether (sulfide) groups is 1. The summed E-state index contributed by atoms with van der Waals surface area (Å²) in [5.74, 6) is -4.16. The number of esters is 1. The van der Waals surface area contributed by atoms with Gasteiger partial charge >= 0.3 is 17.9 Å². The van der Waals surface area contributed by atoms with Gasteiger partial charge in [0.25, 0.3) is 0 Å². The molecule has 2 bridgehead atoms. The fourth-order valence-corrected chi connectivity index (χ4v) is 14.8. The number of fused-ring (bicyclic) bond motifs is 5. The van der Waals surface area contributed by atoms with Crippen LogP contribution in [0.25, 0.3) is 6.08 Å². The zero-order valence-corrected chi connectivity index (χ0v) is 40.2. The Labute approximate surface area is 407 Å². The van der Waals surface area contributed by atoms with Crippen LogP contribution in [-0.2, 0) is 41.6 Å². The average Bonchev–Trinajstić information content (AvgIpc) is 3.91. The topological polar surface area (TPSA) is 228 Å². The van der Waals surface area contributed by atoms with Crippen LogP contribution in [0.4, 0.5) is 0 Å². The summed E-state index contributed by atoms with van der Waals surface area (Å²) in [6.07, 6.45) is 22.0. The number of hydrogen-bond donors (Lipinski definition) is 8. The van der Waals surface area contributed by atoms with Crippen molar-refractivity contribution in [2.75, 3.05) is 26.0 Å². The number of piperidine rings is 1. The standard InChI is InChI=1S/C53H66N6O9S/c1-54-31-57-38(48(63)64)13-14-40(60)58-39(46(61)59-47(62)49(65)66)30-69-53-23-22-51(18-5-2-6-19-52(53)20-7-8-21-52)29-36(27-32-15-24-55-25-16-32)41(42-43(51)45(53)68-50(42)67)44-37-28-35-10-4-3-9-33(35)11-12-34(37)17-26-56-44/h3-4,9-12,15-16,22-25,34,37-39,42,44,47,54,56-57,62H,2,5-8,13-14,17-21,26-31H2,1H3,(H,58,60)(H,59,61)(H,63,64)(H,65,66)/t34-,37-,38-,39-,42+,44-,47-,51-,53-/m0/s1. The number of aliphatic hydroxyl groups is 1. The smallest absolute Gasteiger partial charge is 0.353 e. The van der Waals surface area contributed by atoms with E-state index in [4.69, 9.17) is 4.74 Å². The Morgan fingerprint density at radius 3 is 2.45 bits per heavy atom. The molecule has 8 N–H and O–H groups in total. The van der Waals surface area contributed by atoms with Gasteiger partial charge in [-0.3, -0.25) is 29.5 Å². The van der Waals surface area contributed by atoms with Crippen LogP contribution in [0.15, 0.2) is 89.5 Å². The Morgan fingerprint density at radius 1 is 0.942 bits per heavy atom. The molecule has 7 aliphatic rings. The molecule has 0 unspecified atom stereocenters. The summed E-state index contributed by atoms with van der Waals surface area (Å²) in [7, 11) is 1.66. The Bertz CT molecular complexity index is 2430. The summed E-state index contributed by atoms with van der Waals surface area (Å²) < 4.78 is 6.03. The zero-order chi connectivity index (χ0) is 48.3. The van der Waals surface area contributed by atoms with Crippen molar-refractivity contribution in [1.29, 1.82) is 0 Å². The minimum Gasteiger partial charge on any atom is -0.480 e. The van der Waals surface area contributed by atoms with Crippen molar-refractivity contribution < 1.29 is 44.0 Å². The van der Waals surface area contributed by atoms with Gasteiger partial charge in [0.05, 0.1) is 4.75 Å². The minimum atomic E-state index is -2.23. The number of aliphatic hydroxyl groups excluding tert-OH is 1. The number of nitrogens with one attached hydrogen (secondary N) is 5. The first-order valence-corrected chi connectivity index (χ1v) is 25.9. The van der Waals surface area contributed by atoms with Crippen LogP contribution in [0.5, 0.6) is 0 Å². The van der Waals surface area contributed by atoms with E-state index in [1.165, 1.54) is 28.5 Å². The predicted molar refractivity (Wildman–Crippen MR) is 261 cm³/mol. The predicted octanol–water partition coefficient (Wildman–Crippen LogP) is 5.17. The van der Waals surface area contributed by atoms with E-state index in [-0.39, 0.29) is 48.6 Å². The maximum atomic E-state index is 15.5. The number of aromatic nitrogens is 1. The summed E-state index contributed by atoms with van der Waals surface area (Å²) >= 11 is 1.45. The Kier molecular flexibility index (Phi) is 14.7. The minimum absolute atomic E-state index is 0.0575. The van der Waals surface area contributed by atoms with E-state index in [1.54, 1.807) is 7.05 Å². The van der Waals surface area contributed by atoms with Gasteiger partial charge in [0.2, 0.25) is 18.0 Å². The van der Waals surface area contributed by atoms with Crippen molar-refractivity contribution in [3.63, 3.8) is 0 Å². The molecule has 2 aliphatic heterocycles. The van der Waals surface area contributed by atoms with Gasteiger partial charge in [-0.1, -0.05) is 86.2 Å². The molecule has 2 amide bonds. The molecule has 5 aliphatic carbocycles. The molecular formula is C53H66N6O9S. The molecule has 16 heteroatoms.